The summed E-state index contributed by atoms with van der Waals surface area (Å²) in [7, 11) is -1.20. The van der Waals surface area contributed by atoms with Crippen LogP contribution in [-0.2, 0) is 4.65 Å². The lowest BCUT2D eigenvalue weighted by molar-refractivity contribution is -0.102. The zero-order valence-electron chi connectivity index (χ0n) is 11.4. The summed E-state index contributed by atoms with van der Waals surface area (Å²) in [5, 5.41) is 24.1. The van der Waals surface area contributed by atoms with Crippen molar-refractivity contribution in [1.29, 1.82) is 0 Å². The molecule has 0 saturated carbocycles. The van der Waals surface area contributed by atoms with Crippen molar-refractivity contribution in [2.24, 2.45) is 0 Å². The van der Waals surface area contributed by atoms with E-state index in [4.69, 9.17) is 4.65 Å². The van der Waals surface area contributed by atoms with Crippen LogP contribution in [0, 0.1) is 13.8 Å². The largest absolute Gasteiger partial charge is 0.612 e. The van der Waals surface area contributed by atoms with Crippen molar-refractivity contribution in [3.8, 4) is 0 Å². The number of hydrogen-bond acceptors (Lipinski definition) is 4. The molecular formula is C11H21BN2O3. The van der Waals surface area contributed by atoms with Crippen LogP contribution in [0.1, 0.15) is 39.1 Å². The SMILES string of the molecule is Cc1cc(C)n(B(O)OC(C)(C)C(C)(C)O)n1. The van der Waals surface area contributed by atoms with Gasteiger partial charge in [-0.3, -0.25) is 4.59 Å². The second-order valence-electron chi connectivity index (χ2n) is 5.39. The summed E-state index contributed by atoms with van der Waals surface area (Å²) in [4.78, 5) is 0. The lowest BCUT2D eigenvalue weighted by Crippen LogP contribution is -2.52. The van der Waals surface area contributed by atoms with Crippen molar-refractivity contribution in [1.82, 2.24) is 9.69 Å². The number of nitrogens with zero attached hydrogens (tertiary/aromatic N) is 2. The minimum absolute atomic E-state index is 0.807. The maximum atomic E-state index is 9.98. The number of aliphatic hydroxyl groups is 1. The number of hydrogen-bond donors (Lipinski definition) is 2. The highest BCUT2D eigenvalue weighted by molar-refractivity contribution is 6.40. The summed E-state index contributed by atoms with van der Waals surface area (Å²) < 4.78 is 6.88. The Kier molecular flexibility index (Phi) is 3.71. The van der Waals surface area contributed by atoms with Gasteiger partial charge >= 0.3 is 7.25 Å². The van der Waals surface area contributed by atoms with Gasteiger partial charge in [-0.05, 0) is 47.6 Å². The molecule has 96 valence electrons. The fraction of sp³-hybridized carbons (Fsp3) is 0.727. The monoisotopic (exact) mass is 240 g/mol. The van der Waals surface area contributed by atoms with Crippen LogP contribution in [0.5, 0.6) is 0 Å². The Balaban J connectivity index is 2.86. The molecule has 2 N–H and O–H groups in total. The Morgan fingerprint density at radius 2 is 1.82 bits per heavy atom. The summed E-state index contributed by atoms with van der Waals surface area (Å²) in [6.45, 7) is 10.4. The van der Waals surface area contributed by atoms with Crippen LogP contribution < -0.4 is 0 Å². The van der Waals surface area contributed by atoms with Gasteiger partial charge in [0.15, 0.2) is 0 Å². The molecule has 0 aliphatic rings. The van der Waals surface area contributed by atoms with Gasteiger partial charge in [0.2, 0.25) is 0 Å². The molecule has 5 nitrogen and oxygen atoms in total. The average Bonchev–Trinajstić information content (AvgIpc) is 2.42. The van der Waals surface area contributed by atoms with Crippen LogP contribution in [0.15, 0.2) is 6.07 Å². The molecule has 0 radical (unpaired) electrons. The van der Waals surface area contributed by atoms with E-state index in [1.165, 1.54) is 4.59 Å². The van der Waals surface area contributed by atoms with Crippen molar-refractivity contribution in [2.75, 3.05) is 0 Å². The standard InChI is InChI=1S/C11H21BN2O3/c1-8-7-9(2)14(13-8)12(16)17-11(5,6)10(3,4)15/h7,15-16H,1-6H3. The van der Waals surface area contributed by atoms with E-state index in [2.05, 4.69) is 5.10 Å². The van der Waals surface area contributed by atoms with Gasteiger partial charge in [0.25, 0.3) is 0 Å². The molecule has 0 aromatic carbocycles. The molecule has 0 aliphatic heterocycles. The van der Waals surface area contributed by atoms with Gasteiger partial charge in [-0.15, -0.1) is 0 Å². The molecule has 0 unspecified atom stereocenters. The van der Waals surface area contributed by atoms with E-state index < -0.39 is 18.5 Å². The minimum Gasteiger partial charge on any atom is -0.406 e. The van der Waals surface area contributed by atoms with E-state index in [0.29, 0.717) is 0 Å². The van der Waals surface area contributed by atoms with Crippen molar-refractivity contribution in [3.63, 3.8) is 0 Å². The Bertz CT molecular complexity index is 396. The first-order chi connectivity index (χ1) is 7.54. The van der Waals surface area contributed by atoms with Gasteiger partial charge in [0, 0.05) is 5.69 Å². The quantitative estimate of drug-likeness (QED) is 0.767. The van der Waals surface area contributed by atoms with Gasteiger partial charge < -0.3 is 14.8 Å². The van der Waals surface area contributed by atoms with E-state index in [-0.39, 0.29) is 0 Å². The van der Waals surface area contributed by atoms with Gasteiger partial charge in [0.1, 0.15) is 0 Å². The van der Waals surface area contributed by atoms with Crippen LogP contribution >= 0.6 is 0 Å². The topological polar surface area (TPSA) is 67.5 Å². The normalized spacial score (nSPS) is 12.9. The maximum absolute atomic E-state index is 9.98. The first kappa shape index (κ1) is 14.2. The molecule has 1 aromatic rings. The fourth-order valence-corrected chi connectivity index (χ4v) is 1.33. The Morgan fingerprint density at radius 1 is 1.29 bits per heavy atom. The summed E-state index contributed by atoms with van der Waals surface area (Å²) in [6, 6.07) is 1.85. The van der Waals surface area contributed by atoms with Crippen LogP contribution in [0.4, 0.5) is 0 Å². The van der Waals surface area contributed by atoms with Gasteiger partial charge in [0.05, 0.1) is 16.9 Å². The molecule has 17 heavy (non-hydrogen) atoms. The summed E-state index contributed by atoms with van der Waals surface area (Å²) in [6.07, 6.45) is 0. The van der Waals surface area contributed by atoms with Crippen molar-refractivity contribution < 1.29 is 14.8 Å². The minimum atomic E-state index is -1.20. The smallest absolute Gasteiger partial charge is 0.406 e. The highest BCUT2D eigenvalue weighted by Crippen LogP contribution is 2.25. The molecule has 0 fully saturated rings. The number of aromatic nitrogens is 2. The summed E-state index contributed by atoms with van der Waals surface area (Å²) >= 11 is 0. The first-order valence-corrected chi connectivity index (χ1v) is 5.65. The van der Waals surface area contributed by atoms with E-state index in [0.717, 1.165) is 11.4 Å². The summed E-state index contributed by atoms with van der Waals surface area (Å²) in [5.41, 5.74) is -0.337. The zero-order valence-corrected chi connectivity index (χ0v) is 11.4. The van der Waals surface area contributed by atoms with Crippen molar-refractivity contribution in [2.45, 2.75) is 52.7 Å². The number of rotatable bonds is 4. The maximum Gasteiger partial charge on any atom is 0.612 e. The molecule has 0 aliphatic carbocycles. The predicted octanol–water partition coefficient (Wildman–Crippen LogP) is 0.891. The third-order valence-corrected chi connectivity index (χ3v) is 3.13. The highest BCUT2D eigenvalue weighted by Gasteiger charge is 2.40. The van der Waals surface area contributed by atoms with Crippen LogP contribution in [-0.4, -0.2) is 38.3 Å². The van der Waals surface area contributed by atoms with E-state index in [1.807, 2.05) is 19.9 Å². The van der Waals surface area contributed by atoms with Gasteiger partial charge in [-0.25, -0.2) is 0 Å². The summed E-state index contributed by atoms with van der Waals surface area (Å²) in [5.74, 6) is 0. The van der Waals surface area contributed by atoms with E-state index in [1.54, 1.807) is 27.7 Å². The molecule has 1 rings (SSSR count). The molecule has 0 spiro atoms. The van der Waals surface area contributed by atoms with Crippen LogP contribution in [0.2, 0.25) is 0 Å². The second kappa shape index (κ2) is 4.44. The second-order valence-corrected chi connectivity index (χ2v) is 5.39. The molecular weight excluding hydrogens is 219 g/mol. The molecule has 6 heteroatoms. The van der Waals surface area contributed by atoms with E-state index in [9.17, 15) is 10.1 Å². The third kappa shape index (κ3) is 3.09. The van der Waals surface area contributed by atoms with Crippen LogP contribution in [0.3, 0.4) is 0 Å². The lowest BCUT2D eigenvalue weighted by atomic mass is 9.87. The van der Waals surface area contributed by atoms with E-state index >= 15 is 0 Å². The highest BCUT2D eigenvalue weighted by atomic mass is 16.6. The van der Waals surface area contributed by atoms with Gasteiger partial charge in [-0.1, -0.05) is 0 Å². The fourth-order valence-electron chi connectivity index (χ4n) is 1.33. The Labute approximate surface area is 103 Å². The predicted molar refractivity (Wildman–Crippen MR) is 66.5 cm³/mol. The van der Waals surface area contributed by atoms with Crippen molar-refractivity contribution >= 4 is 7.25 Å². The van der Waals surface area contributed by atoms with Gasteiger partial charge in [-0.2, -0.15) is 5.10 Å². The van der Waals surface area contributed by atoms with Crippen molar-refractivity contribution in [3.05, 3.63) is 17.5 Å². The molecule has 0 atom stereocenters. The molecule has 0 bridgehead atoms. The Hall–Kier alpha value is -0.845. The number of aryl methyl sites for hydroxylation is 2. The van der Waals surface area contributed by atoms with Crippen LogP contribution in [0.25, 0.3) is 0 Å². The Morgan fingerprint density at radius 3 is 2.18 bits per heavy atom. The lowest BCUT2D eigenvalue weighted by Gasteiger charge is -2.38. The molecule has 0 saturated heterocycles. The first-order valence-electron chi connectivity index (χ1n) is 5.65. The average molecular weight is 240 g/mol. The molecule has 1 heterocycles. The molecule has 1 aromatic heterocycles. The molecule has 0 amide bonds. The zero-order chi connectivity index (χ0) is 13.4. The third-order valence-electron chi connectivity index (χ3n) is 3.13.